The number of urea groups is 1. The van der Waals surface area contributed by atoms with Gasteiger partial charge in [0.2, 0.25) is 0 Å². The number of hydrogen-bond acceptors (Lipinski definition) is 3. The molecule has 1 aliphatic heterocycles. The van der Waals surface area contributed by atoms with Crippen LogP contribution in [0.1, 0.15) is 28.7 Å². The summed E-state index contributed by atoms with van der Waals surface area (Å²) in [6, 6.07) is 25.2. The minimum absolute atomic E-state index is 0.0436. The zero-order chi connectivity index (χ0) is 23.2. The Kier molecular flexibility index (Phi) is 7.01. The number of benzene rings is 3. The molecule has 33 heavy (non-hydrogen) atoms. The van der Waals surface area contributed by atoms with Crippen LogP contribution in [0.4, 0.5) is 9.18 Å². The van der Waals surface area contributed by atoms with Crippen molar-refractivity contribution in [3.8, 4) is 6.07 Å². The molecule has 6 heteroatoms. The van der Waals surface area contributed by atoms with Crippen molar-refractivity contribution in [1.29, 1.82) is 5.26 Å². The lowest BCUT2D eigenvalue weighted by Gasteiger charge is -2.34. The second-order valence-electron chi connectivity index (χ2n) is 8.36. The minimum atomic E-state index is -0.689. The number of nitrogens with zero attached hydrogens (tertiary/aromatic N) is 3. The van der Waals surface area contributed by atoms with Crippen LogP contribution >= 0.6 is 0 Å². The number of aliphatic hydroxyl groups excluding tert-OH is 1. The van der Waals surface area contributed by atoms with Crippen LogP contribution in [0.25, 0.3) is 0 Å². The average molecular weight is 444 g/mol. The fourth-order valence-electron chi connectivity index (χ4n) is 4.30. The highest BCUT2D eigenvalue weighted by Gasteiger charge is 2.36. The third kappa shape index (κ3) is 5.39. The topological polar surface area (TPSA) is 67.6 Å². The van der Waals surface area contributed by atoms with Crippen molar-refractivity contribution in [1.82, 2.24) is 9.80 Å². The van der Waals surface area contributed by atoms with Crippen molar-refractivity contribution in [2.24, 2.45) is 0 Å². The minimum Gasteiger partial charge on any atom is -0.391 e. The summed E-state index contributed by atoms with van der Waals surface area (Å²) < 4.78 is 13.8. The normalized spacial score (nSPS) is 18.6. The lowest BCUT2D eigenvalue weighted by atomic mass is 9.98. The van der Waals surface area contributed by atoms with Crippen molar-refractivity contribution in [2.45, 2.75) is 38.1 Å². The third-order valence-electron chi connectivity index (χ3n) is 6.06. The van der Waals surface area contributed by atoms with Gasteiger partial charge in [0.25, 0.3) is 0 Å². The first kappa shape index (κ1) is 22.5. The number of halogens is 1. The largest absolute Gasteiger partial charge is 0.391 e. The number of aliphatic hydroxyl groups is 1. The molecule has 3 aromatic carbocycles. The zero-order valence-electron chi connectivity index (χ0n) is 18.3. The van der Waals surface area contributed by atoms with Crippen molar-refractivity contribution in [2.75, 3.05) is 6.54 Å². The van der Waals surface area contributed by atoms with Gasteiger partial charge in [-0.1, -0.05) is 66.7 Å². The fourth-order valence-corrected chi connectivity index (χ4v) is 4.30. The predicted octanol–water partition coefficient (Wildman–Crippen LogP) is 4.50. The van der Waals surface area contributed by atoms with E-state index in [1.807, 2.05) is 66.7 Å². The van der Waals surface area contributed by atoms with E-state index in [2.05, 4.69) is 0 Å². The van der Waals surface area contributed by atoms with Crippen LogP contribution in [0.3, 0.4) is 0 Å². The summed E-state index contributed by atoms with van der Waals surface area (Å²) in [5.74, 6) is -0.576. The van der Waals surface area contributed by atoms with Crippen LogP contribution in [-0.4, -0.2) is 39.6 Å². The first-order chi connectivity index (χ1) is 16.0. The van der Waals surface area contributed by atoms with Crippen LogP contribution < -0.4 is 0 Å². The van der Waals surface area contributed by atoms with Gasteiger partial charge in [0.05, 0.1) is 17.7 Å². The summed E-state index contributed by atoms with van der Waals surface area (Å²) in [5, 5.41) is 20.2. The van der Waals surface area contributed by atoms with Gasteiger partial charge in [-0.3, -0.25) is 0 Å². The predicted molar refractivity (Wildman–Crippen MR) is 123 cm³/mol. The van der Waals surface area contributed by atoms with Gasteiger partial charge in [-0.15, -0.1) is 0 Å². The van der Waals surface area contributed by atoms with Gasteiger partial charge in [0, 0.05) is 19.6 Å². The lowest BCUT2D eigenvalue weighted by molar-refractivity contribution is 0.0679. The second kappa shape index (κ2) is 10.3. The molecule has 0 spiro atoms. The summed E-state index contributed by atoms with van der Waals surface area (Å²) in [7, 11) is 0. The Morgan fingerprint density at radius 1 is 0.939 bits per heavy atom. The zero-order valence-corrected chi connectivity index (χ0v) is 18.3. The quantitative estimate of drug-likeness (QED) is 0.610. The van der Waals surface area contributed by atoms with E-state index in [-0.39, 0.29) is 24.2 Å². The highest BCUT2D eigenvalue weighted by atomic mass is 19.1. The first-order valence-electron chi connectivity index (χ1n) is 11.0. The molecule has 0 bridgehead atoms. The number of carbonyl (C=O) groups excluding carboxylic acids is 1. The summed E-state index contributed by atoms with van der Waals surface area (Å²) in [4.78, 5) is 17.1. The molecule has 4 rings (SSSR count). The Hall–Kier alpha value is -3.69. The van der Waals surface area contributed by atoms with E-state index in [1.54, 1.807) is 15.9 Å². The van der Waals surface area contributed by atoms with Gasteiger partial charge in [-0.05, 0) is 41.7 Å². The highest BCUT2D eigenvalue weighted by Crippen LogP contribution is 2.25. The number of rotatable bonds is 6. The molecule has 2 amide bonds. The van der Waals surface area contributed by atoms with E-state index in [0.29, 0.717) is 31.5 Å². The molecule has 1 saturated heterocycles. The second-order valence-corrected chi connectivity index (χ2v) is 8.36. The molecule has 2 atom stereocenters. The van der Waals surface area contributed by atoms with Crippen LogP contribution in [0.15, 0.2) is 78.9 Å². The molecular formula is C27H26FN3O2. The molecule has 3 aromatic rings. The van der Waals surface area contributed by atoms with Gasteiger partial charge in [0.1, 0.15) is 11.9 Å². The van der Waals surface area contributed by atoms with Crippen molar-refractivity contribution < 1.29 is 14.3 Å². The Bertz CT molecular complexity index is 1130. The van der Waals surface area contributed by atoms with Crippen LogP contribution in [0, 0.1) is 17.1 Å². The Morgan fingerprint density at radius 2 is 1.61 bits per heavy atom. The van der Waals surface area contributed by atoms with E-state index in [4.69, 9.17) is 5.26 Å². The molecule has 1 heterocycles. The molecule has 1 unspecified atom stereocenters. The smallest absolute Gasteiger partial charge is 0.320 e. The molecule has 0 radical (unpaired) electrons. The van der Waals surface area contributed by atoms with Gasteiger partial charge in [-0.25, -0.2) is 9.18 Å². The molecule has 0 aromatic heterocycles. The van der Waals surface area contributed by atoms with Gasteiger partial charge < -0.3 is 14.9 Å². The van der Waals surface area contributed by atoms with E-state index in [9.17, 15) is 14.3 Å². The van der Waals surface area contributed by atoms with Gasteiger partial charge in [-0.2, -0.15) is 5.26 Å². The molecule has 0 saturated carbocycles. The maximum absolute atomic E-state index is 13.8. The summed E-state index contributed by atoms with van der Waals surface area (Å²) in [6.07, 6.45) is 0.287. The van der Waals surface area contributed by atoms with Crippen LogP contribution in [0.2, 0.25) is 0 Å². The van der Waals surface area contributed by atoms with Crippen molar-refractivity contribution in [3.63, 3.8) is 0 Å². The summed E-state index contributed by atoms with van der Waals surface area (Å²) in [6.45, 7) is 0.983. The third-order valence-corrected chi connectivity index (χ3v) is 6.06. The first-order valence-corrected chi connectivity index (χ1v) is 11.0. The van der Waals surface area contributed by atoms with Gasteiger partial charge in [0.15, 0.2) is 0 Å². The SMILES string of the molecule is N#Cc1cc(CN2CC[C@@H](O)C(Cc3ccccc3)N(Cc3ccccc3)C2=O)ccc1F. The monoisotopic (exact) mass is 443 g/mol. The summed E-state index contributed by atoms with van der Waals surface area (Å²) in [5.41, 5.74) is 2.67. The molecule has 1 N–H and O–H groups in total. The summed E-state index contributed by atoms with van der Waals surface area (Å²) >= 11 is 0. The van der Waals surface area contributed by atoms with E-state index in [0.717, 1.165) is 11.1 Å². The Balaban J connectivity index is 1.63. The maximum Gasteiger partial charge on any atom is 0.320 e. The maximum atomic E-state index is 13.8. The molecule has 1 aliphatic rings. The average Bonchev–Trinajstić information content (AvgIpc) is 2.94. The lowest BCUT2D eigenvalue weighted by Crippen LogP contribution is -2.49. The van der Waals surface area contributed by atoms with Crippen LogP contribution in [0.5, 0.6) is 0 Å². The Labute approximate surface area is 193 Å². The number of carbonyl (C=O) groups is 1. The fraction of sp³-hybridized carbons (Fsp3) is 0.259. The molecule has 1 fully saturated rings. The van der Waals surface area contributed by atoms with Crippen molar-refractivity contribution in [3.05, 3.63) is 107 Å². The van der Waals surface area contributed by atoms with E-state index >= 15 is 0 Å². The molecule has 5 nitrogen and oxygen atoms in total. The standard InChI is InChI=1S/C27H26FN3O2/c28-24-12-11-22(15-23(24)17-29)18-30-14-13-26(32)25(16-20-7-3-1-4-8-20)31(27(30)33)19-21-9-5-2-6-10-21/h1-12,15,25-26,32H,13-14,16,18-19H2/t25?,26-/m1/s1. The van der Waals surface area contributed by atoms with E-state index < -0.39 is 11.9 Å². The number of hydrogen-bond donors (Lipinski definition) is 1. The van der Waals surface area contributed by atoms with Crippen LogP contribution in [-0.2, 0) is 19.5 Å². The highest BCUT2D eigenvalue weighted by molar-refractivity contribution is 5.75. The molecular weight excluding hydrogens is 417 g/mol. The molecule has 0 aliphatic carbocycles. The van der Waals surface area contributed by atoms with Crippen molar-refractivity contribution >= 4 is 6.03 Å². The number of nitriles is 1. The van der Waals surface area contributed by atoms with Gasteiger partial charge >= 0.3 is 6.03 Å². The van der Waals surface area contributed by atoms with E-state index in [1.165, 1.54) is 12.1 Å². The Morgan fingerprint density at radius 3 is 2.27 bits per heavy atom. The number of amides is 2. The molecule has 168 valence electrons.